The van der Waals surface area contributed by atoms with Crippen molar-refractivity contribution >= 4 is 34.0 Å². The summed E-state index contributed by atoms with van der Waals surface area (Å²) < 4.78 is 3.70. The molecule has 0 unspecified atom stereocenters. The lowest BCUT2D eigenvalue weighted by molar-refractivity contribution is 0.102. The molecule has 1 amide bonds. The topological polar surface area (TPSA) is 92.4 Å². The Balaban J connectivity index is 1.42. The number of hydrogen-bond donors (Lipinski definition) is 2. The van der Waals surface area contributed by atoms with Crippen molar-refractivity contribution < 1.29 is 4.79 Å². The molecule has 1 aliphatic rings. The lowest BCUT2D eigenvalue weighted by Gasteiger charge is -2.34. The molecule has 1 aromatic carbocycles. The summed E-state index contributed by atoms with van der Waals surface area (Å²) >= 11 is 0. The van der Waals surface area contributed by atoms with Gasteiger partial charge in [-0.1, -0.05) is 13.8 Å². The lowest BCUT2D eigenvalue weighted by atomic mass is 10.0. The number of aryl methyl sites for hydroxylation is 3. The second kappa shape index (κ2) is 9.06. The van der Waals surface area contributed by atoms with Crippen LogP contribution in [0.1, 0.15) is 48.4 Å². The maximum atomic E-state index is 13.3. The van der Waals surface area contributed by atoms with Gasteiger partial charge in [-0.25, -0.2) is 4.98 Å². The molecule has 9 nitrogen and oxygen atoms in total. The van der Waals surface area contributed by atoms with Crippen LogP contribution >= 0.6 is 0 Å². The summed E-state index contributed by atoms with van der Waals surface area (Å²) in [5.41, 5.74) is 4.96. The molecular weight excluding hydrogens is 428 g/mol. The van der Waals surface area contributed by atoms with Crippen LogP contribution in [0, 0.1) is 6.92 Å². The van der Waals surface area contributed by atoms with E-state index >= 15 is 0 Å². The Kier molecular flexibility index (Phi) is 5.95. The summed E-state index contributed by atoms with van der Waals surface area (Å²) in [6.07, 6.45) is 8.85. The molecule has 0 radical (unpaired) electrons. The maximum Gasteiger partial charge on any atom is 0.259 e. The fraction of sp³-hybridized carbons (Fsp3) is 0.440. The number of aromatic nitrogens is 5. The number of amides is 1. The fourth-order valence-electron chi connectivity index (χ4n) is 4.91. The lowest BCUT2D eigenvalue weighted by Crippen LogP contribution is -2.42. The molecule has 4 heterocycles. The van der Waals surface area contributed by atoms with Gasteiger partial charge < -0.3 is 19.9 Å². The molecule has 178 valence electrons. The highest BCUT2D eigenvalue weighted by atomic mass is 16.1. The maximum absolute atomic E-state index is 13.3. The second-order valence-electron chi connectivity index (χ2n) is 9.00. The number of piperidine rings is 1. The molecule has 1 fully saturated rings. The standard InChI is InChI=1S/C25H32N8O/c1-5-17-13-33-15-22(28-24(33)16(3)27-17)29-25(34)19-7-8-21(20-14-31(4)30-23(19)20)32-11-9-18(10-12-32)26-6-2/h7-8,13-15,18,26H,5-6,9-12H2,1-4H3,(H,29,34). The first kappa shape index (κ1) is 22.3. The zero-order chi connectivity index (χ0) is 23.8. The fourth-order valence-corrected chi connectivity index (χ4v) is 4.91. The largest absolute Gasteiger partial charge is 0.371 e. The molecule has 1 aliphatic heterocycles. The molecule has 3 aromatic heterocycles. The molecule has 4 aromatic rings. The first-order valence-electron chi connectivity index (χ1n) is 12.1. The zero-order valence-corrected chi connectivity index (χ0v) is 20.3. The van der Waals surface area contributed by atoms with Gasteiger partial charge in [-0.15, -0.1) is 0 Å². The molecule has 9 heteroatoms. The van der Waals surface area contributed by atoms with Crippen LogP contribution < -0.4 is 15.5 Å². The van der Waals surface area contributed by atoms with E-state index in [1.165, 1.54) is 0 Å². The van der Waals surface area contributed by atoms with Gasteiger partial charge in [-0.05, 0) is 44.9 Å². The number of carbonyl (C=O) groups is 1. The number of fused-ring (bicyclic) bond motifs is 2. The summed E-state index contributed by atoms with van der Waals surface area (Å²) in [6, 6.07) is 4.51. The number of rotatable bonds is 6. The number of nitrogens with zero attached hydrogens (tertiary/aromatic N) is 6. The predicted octanol–water partition coefficient (Wildman–Crippen LogP) is 3.32. The van der Waals surface area contributed by atoms with Crippen LogP contribution in [-0.2, 0) is 13.5 Å². The summed E-state index contributed by atoms with van der Waals surface area (Å²) in [6.45, 7) is 9.14. The normalized spacial score (nSPS) is 14.9. The van der Waals surface area contributed by atoms with Gasteiger partial charge in [-0.2, -0.15) is 5.10 Å². The van der Waals surface area contributed by atoms with E-state index in [9.17, 15) is 4.79 Å². The molecule has 5 rings (SSSR count). The Morgan fingerprint density at radius 1 is 1.12 bits per heavy atom. The summed E-state index contributed by atoms with van der Waals surface area (Å²) in [5.74, 6) is 0.285. The van der Waals surface area contributed by atoms with Crippen molar-refractivity contribution in [2.75, 3.05) is 29.9 Å². The van der Waals surface area contributed by atoms with Gasteiger partial charge in [0.05, 0.1) is 23.1 Å². The van der Waals surface area contributed by atoms with Gasteiger partial charge in [0, 0.05) is 49.6 Å². The van der Waals surface area contributed by atoms with Crippen molar-refractivity contribution in [3.63, 3.8) is 0 Å². The van der Waals surface area contributed by atoms with Gasteiger partial charge in [0.15, 0.2) is 11.5 Å². The van der Waals surface area contributed by atoms with E-state index in [2.05, 4.69) is 50.5 Å². The average Bonchev–Trinajstić information content (AvgIpc) is 3.42. The Bertz CT molecular complexity index is 1350. The van der Waals surface area contributed by atoms with Crippen molar-refractivity contribution in [3.05, 3.63) is 47.7 Å². The van der Waals surface area contributed by atoms with Gasteiger partial charge in [-0.3, -0.25) is 14.5 Å². The number of benzene rings is 1. The van der Waals surface area contributed by atoms with Crippen LogP contribution in [0.15, 0.2) is 30.7 Å². The minimum absolute atomic E-state index is 0.217. The Hall–Kier alpha value is -3.46. The van der Waals surface area contributed by atoms with Crippen LogP contribution in [0.4, 0.5) is 11.5 Å². The van der Waals surface area contributed by atoms with E-state index in [1.807, 2.05) is 43.0 Å². The molecule has 0 atom stereocenters. The van der Waals surface area contributed by atoms with Crippen molar-refractivity contribution in [2.45, 2.75) is 46.1 Å². The average molecular weight is 461 g/mol. The van der Waals surface area contributed by atoms with Crippen molar-refractivity contribution in [2.24, 2.45) is 7.05 Å². The van der Waals surface area contributed by atoms with Gasteiger partial charge in [0.1, 0.15) is 5.52 Å². The Morgan fingerprint density at radius 3 is 2.65 bits per heavy atom. The SMILES string of the molecule is CCNC1CCN(c2ccc(C(=O)Nc3cn4cc(CC)nc(C)c4n3)c3nn(C)cc23)CC1. The third kappa shape index (κ3) is 4.11. The van der Waals surface area contributed by atoms with Crippen molar-refractivity contribution in [1.82, 2.24) is 29.5 Å². The van der Waals surface area contributed by atoms with Crippen LogP contribution in [0.25, 0.3) is 16.6 Å². The van der Waals surface area contributed by atoms with Gasteiger partial charge in [0.2, 0.25) is 0 Å². The van der Waals surface area contributed by atoms with E-state index in [0.29, 0.717) is 22.9 Å². The predicted molar refractivity (Wildman–Crippen MR) is 135 cm³/mol. The van der Waals surface area contributed by atoms with E-state index in [0.717, 1.165) is 67.0 Å². The van der Waals surface area contributed by atoms with E-state index in [-0.39, 0.29) is 5.91 Å². The van der Waals surface area contributed by atoms with Crippen LogP contribution in [0.5, 0.6) is 0 Å². The number of imidazole rings is 1. The van der Waals surface area contributed by atoms with Crippen LogP contribution in [0.3, 0.4) is 0 Å². The minimum Gasteiger partial charge on any atom is -0.371 e. The Labute approximate surface area is 199 Å². The Morgan fingerprint density at radius 2 is 1.91 bits per heavy atom. The monoisotopic (exact) mass is 460 g/mol. The third-order valence-corrected chi connectivity index (χ3v) is 6.60. The number of hydrogen-bond acceptors (Lipinski definition) is 6. The quantitative estimate of drug-likeness (QED) is 0.459. The molecule has 1 saturated heterocycles. The first-order valence-corrected chi connectivity index (χ1v) is 12.1. The number of nitrogens with one attached hydrogen (secondary N) is 2. The summed E-state index contributed by atoms with van der Waals surface area (Å²) in [4.78, 5) is 24.8. The highest BCUT2D eigenvalue weighted by Crippen LogP contribution is 2.31. The number of carbonyl (C=O) groups excluding carboxylic acids is 1. The molecule has 0 spiro atoms. The molecule has 0 bridgehead atoms. The molecular formula is C25H32N8O. The van der Waals surface area contributed by atoms with Gasteiger partial charge >= 0.3 is 0 Å². The van der Waals surface area contributed by atoms with Crippen LogP contribution in [-0.4, -0.2) is 55.7 Å². The van der Waals surface area contributed by atoms with E-state index < -0.39 is 0 Å². The van der Waals surface area contributed by atoms with E-state index in [4.69, 9.17) is 0 Å². The summed E-state index contributed by atoms with van der Waals surface area (Å²) in [5, 5.41) is 12.2. The van der Waals surface area contributed by atoms with Crippen molar-refractivity contribution in [3.8, 4) is 0 Å². The number of anilines is 2. The first-order chi connectivity index (χ1) is 16.5. The van der Waals surface area contributed by atoms with Gasteiger partial charge in [0.25, 0.3) is 5.91 Å². The van der Waals surface area contributed by atoms with E-state index in [1.54, 1.807) is 4.68 Å². The highest BCUT2D eigenvalue weighted by Gasteiger charge is 2.23. The molecule has 34 heavy (non-hydrogen) atoms. The molecule has 2 N–H and O–H groups in total. The third-order valence-electron chi connectivity index (χ3n) is 6.60. The molecule has 0 saturated carbocycles. The van der Waals surface area contributed by atoms with Crippen molar-refractivity contribution in [1.29, 1.82) is 0 Å². The second-order valence-corrected chi connectivity index (χ2v) is 9.00. The minimum atomic E-state index is -0.217. The summed E-state index contributed by atoms with van der Waals surface area (Å²) in [7, 11) is 1.89. The molecule has 0 aliphatic carbocycles. The van der Waals surface area contributed by atoms with Crippen LogP contribution in [0.2, 0.25) is 0 Å². The zero-order valence-electron chi connectivity index (χ0n) is 20.3. The smallest absolute Gasteiger partial charge is 0.259 e. The highest BCUT2D eigenvalue weighted by molar-refractivity contribution is 6.13.